The van der Waals surface area contributed by atoms with Crippen molar-refractivity contribution in [3.05, 3.63) is 46.9 Å². The molecule has 1 aliphatic rings. The van der Waals surface area contributed by atoms with Crippen LogP contribution in [0.2, 0.25) is 5.28 Å². The van der Waals surface area contributed by atoms with E-state index in [-0.39, 0.29) is 11.6 Å². The van der Waals surface area contributed by atoms with Gasteiger partial charge in [-0.3, -0.25) is 0 Å². The predicted octanol–water partition coefficient (Wildman–Crippen LogP) is 3.41. The van der Waals surface area contributed by atoms with Gasteiger partial charge < -0.3 is 18.9 Å². The van der Waals surface area contributed by atoms with E-state index in [1.54, 1.807) is 13.2 Å². The van der Waals surface area contributed by atoms with Crippen LogP contribution in [0.15, 0.2) is 30.3 Å². The van der Waals surface area contributed by atoms with E-state index in [2.05, 4.69) is 9.97 Å². The lowest BCUT2D eigenvalue weighted by molar-refractivity contribution is -0.180. The lowest BCUT2D eigenvalue weighted by atomic mass is 10.2. The zero-order valence-electron chi connectivity index (χ0n) is 14.1. The highest BCUT2D eigenvalue weighted by molar-refractivity contribution is 6.28. The quantitative estimate of drug-likeness (QED) is 0.701. The fourth-order valence-electron chi connectivity index (χ4n) is 2.49. The minimum atomic E-state index is -0.175. The molecule has 6 nitrogen and oxygen atoms in total. The van der Waals surface area contributed by atoms with Crippen LogP contribution in [0.1, 0.15) is 24.1 Å². The van der Waals surface area contributed by atoms with Crippen molar-refractivity contribution in [1.82, 2.24) is 9.97 Å². The van der Waals surface area contributed by atoms with Crippen LogP contribution in [0.3, 0.4) is 0 Å². The highest BCUT2D eigenvalue weighted by Gasteiger charge is 2.15. The Kier molecular flexibility index (Phi) is 6.44. The highest BCUT2D eigenvalue weighted by atomic mass is 35.5. The van der Waals surface area contributed by atoms with Crippen LogP contribution in [0.5, 0.6) is 11.6 Å². The summed E-state index contributed by atoms with van der Waals surface area (Å²) in [7, 11) is 1.64. The van der Waals surface area contributed by atoms with Crippen LogP contribution in [-0.2, 0) is 22.5 Å². The Morgan fingerprint density at radius 2 is 1.92 bits per heavy atom. The average Bonchev–Trinajstić information content (AvgIpc) is 2.66. The molecule has 0 radical (unpaired) electrons. The molecule has 7 heteroatoms. The largest absolute Gasteiger partial charge is 0.497 e. The molecule has 1 aromatic heterocycles. The number of nitrogens with zero attached hydrogens (tertiary/aromatic N) is 2. The van der Waals surface area contributed by atoms with Gasteiger partial charge in [0.05, 0.1) is 20.3 Å². The summed E-state index contributed by atoms with van der Waals surface area (Å²) < 4.78 is 22.0. The number of ether oxygens (including phenoxy) is 4. The van der Waals surface area contributed by atoms with Crippen molar-refractivity contribution < 1.29 is 18.9 Å². The maximum Gasteiger partial charge on any atom is 0.225 e. The molecular formula is C18H21ClN2O4. The summed E-state index contributed by atoms with van der Waals surface area (Å²) in [6.45, 7) is 1.88. The third-order valence-corrected chi connectivity index (χ3v) is 3.98. The molecule has 0 atom stereocenters. The fourth-order valence-corrected chi connectivity index (χ4v) is 2.68. The maximum atomic E-state index is 6.01. The van der Waals surface area contributed by atoms with Crippen molar-refractivity contribution in [2.24, 2.45) is 0 Å². The van der Waals surface area contributed by atoms with E-state index in [0.717, 1.165) is 43.1 Å². The zero-order valence-corrected chi connectivity index (χ0v) is 14.9. The molecule has 0 bridgehead atoms. The minimum absolute atomic E-state index is 0.174. The molecule has 1 saturated heterocycles. The second-order valence-corrected chi connectivity index (χ2v) is 6.00. The normalized spacial score (nSPS) is 15.1. The number of rotatable bonds is 7. The van der Waals surface area contributed by atoms with Crippen LogP contribution in [0.25, 0.3) is 0 Å². The van der Waals surface area contributed by atoms with E-state index in [1.165, 1.54) is 0 Å². The Balaban J connectivity index is 1.56. The first-order chi connectivity index (χ1) is 12.2. The molecular weight excluding hydrogens is 344 g/mol. The summed E-state index contributed by atoms with van der Waals surface area (Å²) in [5.41, 5.74) is 1.82. The van der Waals surface area contributed by atoms with Crippen molar-refractivity contribution in [3.8, 4) is 11.6 Å². The summed E-state index contributed by atoms with van der Waals surface area (Å²) >= 11 is 6.01. The molecule has 1 aliphatic heterocycles. The number of benzene rings is 1. The monoisotopic (exact) mass is 364 g/mol. The molecule has 0 unspecified atom stereocenters. The van der Waals surface area contributed by atoms with Gasteiger partial charge in [-0.2, -0.15) is 4.98 Å². The highest BCUT2D eigenvalue weighted by Crippen LogP contribution is 2.18. The van der Waals surface area contributed by atoms with Gasteiger partial charge in [0.25, 0.3) is 0 Å². The predicted molar refractivity (Wildman–Crippen MR) is 93.0 cm³/mol. The van der Waals surface area contributed by atoms with E-state index in [0.29, 0.717) is 18.9 Å². The van der Waals surface area contributed by atoms with Crippen LogP contribution in [0.4, 0.5) is 0 Å². The lowest BCUT2D eigenvalue weighted by Crippen LogP contribution is -2.25. The Morgan fingerprint density at radius 1 is 1.16 bits per heavy atom. The summed E-state index contributed by atoms with van der Waals surface area (Å²) in [6.07, 6.45) is 2.18. The maximum absolute atomic E-state index is 6.01. The SMILES string of the molecule is COc1ccc(COc2cc(CCC3OCCCO3)nc(Cl)n2)cc1. The number of halogens is 1. The number of aryl methyl sites for hydroxylation is 1. The van der Waals surface area contributed by atoms with E-state index >= 15 is 0 Å². The van der Waals surface area contributed by atoms with E-state index < -0.39 is 0 Å². The van der Waals surface area contributed by atoms with Crippen LogP contribution >= 0.6 is 11.6 Å². The molecule has 0 saturated carbocycles. The van der Waals surface area contributed by atoms with Crippen LogP contribution in [0, 0.1) is 0 Å². The third kappa shape index (κ3) is 5.56. The number of aromatic nitrogens is 2. The van der Waals surface area contributed by atoms with Crippen molar-refractivity contribution in [2.45, 2.75) is 32.2 Å². The molecule has 0 aliphatic carbocycles. The van der Waals surface area contributed by atoms with Gasteiger partial charge in [-0.1, -0.05) is 12.1 Å². The first-order valence-electron chi connectivity index (χ1n) is 8.25. The van der Waals surface area contributed by atoms with Crippen molar-refractivity contribution in [1.29, 1.82) is 0 Å². The minimum Gasteiger partial charge on any atom is -0.497 e. The number of methoxy groups -OCH3 is 1. The second-order valence-electron chi connectivity index (χ2n) is 5.67. The summed E-state index contributed by atoms with van der Waals surface area (Å²) in [5, 5.41) is 0.174. The second kappa shape index (κ2) is 8.99. The molecule has 3 rings (SSSR count). The van der Waals surface area contributed by atoms with Crippen molar-refractivity contribution >= 4 is 11.6 Å². The van der Waals surface area contributed by atoms with Crippen molar-refractivity contribution in [3.63, 3.8) is 0 Å². The van der Waals surface area contributed by atoms with Gasteiger partial charge >= 0.3 is 0 Å². The Labute approximate surface area is 152 Å². The Morgan fingerprint density at radius 3 is 2.64 bits per heavy atom. The van der Waals surface area contributed by atoms with Crippen molar-refractivity contribution in [2.75, 3.05) is 20.3 Å². The zero-order chi connectivity index (χ0) is 17.5. The summed E-state index contributed by atoms with van der Waals surface area (Å²) in [4.78, 5) is 8.36. The molecule has 2 aromatic rings. The van der Waals surface area contributed by atoms with Gasteiger partial charge in [0, 0.05) is 18.2 Å². The fraction of sp³-hybridized carbons (Fsp3) is 0.444. The third-order valence-electron chi connectivity index (χ3n) is 3.81. The molecule has 1 fully saturated rings. The molecule has 25 heavy (non-hydrogen) atoms. The molecule has 0 spiro atoms. The Hall–Kier alpha value is -1.89. The van der Waals surface area contributed by atoms with E-state index in [9.17, 15) is 0 Å². The van der Waals surface area contributed by atoms with Gasteiger partial charge in [0.15, 0.2) is 6.29 Å². The molecule has 0 N–H and O–H groups in total. The Bertz CT molecular complexity index is 675. The molecule has 0 amide bonds. The van der Waals surface area contributed by atoms with E-state index in [4.69, 9.17) is 30.5 Å². The number of hydrogen-bond donors (Lipinski definition) is 0. The average molecular weight is 365 g/mol. The van der Waals surface area contributed by atoms with Gasteiger partial charge in [0.1, 0.15) is 12.4 Å². The topological polar surface area (TPSA) is 62.7 Å². The molecule has 1 aromatic carbocycles. The summed E-state index contributed by atoms with van der Waals surface area (Å²) in [5.74, 6) is 1.26. The first-order valence-corrected chi connectivity index (χ1v) is 8.63. The number of hydrogen-bond acceptors (Lipinski definition) is 6. The summed E-state index contributed by atoms with van der Waals surface area (Å²) in [6, 6.07) is 9.47. The van der Waals surface area contributed by atoms with Crippen LogP contribution < -0.4 is 9.47 Å². The van der Waals surface area contributed by atoms with Gasteiger partial charge in [-0.15, -0.1) is 0 Å². The lowest BCUT2D eigenvalue weighted by Gasteiger charge is -2.22. The van der Waals surface area contributed by atoms with E-state index in [1.807, 2.05) is 24.3 Å². The molecule has 2 heterocycles. The smallest absolute Gasteiger partial charge is 0.225 e. The first kappa shape index (κ1) is 17.9. The molecule has 134 valence electrons. The van der Waals surface area contributed by atoms with Gasteiger partial charge in [-0.05, 0) is 42.1 Å². The van der Waals surface area contributed by atoms with Gasteiger partial charge in [-0.25, -0.2) is 4.98 Å². The standard InChI is InChI=1S/C18H21ClN2O4/c1-22-15-6-3-13(4-7-15)12-25-16-11-14(20-18(19)21-16)5-8-17-23-9-2-10-24-17/h3-4,6-7,11,17H,2,5,8-10,12H2,1H3. The van der Waals surface area contributed by atoms with Gasteiger partial charge in [0.2, 0.25) is 11.2 Å². The van der Waals surface area contributed by atoms with Crippen LogP contribution in [-0.4, -0.2) is 36.6 Å².